The minimum Gasteiger partial charge on any atom is -0.498 e. The number of allylic oxidation sites excluding steroid dienone is 3. The SMILES string of the molecule is COC1=CC=CC(c2c3ccccc3c(C3CC=CC(OC)C3OC)c3ccccc23)C1OC. The molecule has 0 saturated heterocycles. The third-order valence-electron chi connectivity index (χ3n) is 7.37. The van der Waals surface area contributed by atoms with Crippen LogP contribution in [0.1, 0.15) is 29.4 Å². The molecule has 0 aromatic heterocycles. The zero-order chi connectivity index (χ0) is 23.7. The molecule has 34 heavy (non-hydrogen) atoms. The molecule has 5 rings (SSSR count). The van der Waals surface area contributed by atoms with E-state index in [0.717, 1.165) is 12.2 Å². The van der Waals surface area contributed by atoms with Crippen LogP contribution in [0.15, 0.2) is 84.7 Å². The van der Waals surface area contributed by atoms with Crippen LogP contribution < -0.4 is 0 Å². The van der Waals surface area contributed by atoms with Gasteiger partial charge in [-0.05, 0) is 45.2 Å². The third-order valence-corrected chi connectivity index (χ3v) is 7.37. The molecular formula is C30H32O4. The van der Waals surface area contributed by atoms with E-state index in [1.54, 1.807) is 28.4 Å². The summed E-state index contributed by atoms with van der Waals surface area (Å²) in [7, 11) is 7.01. The molecule has 0 heterocycles. The summed E-state index contributed by atoms with van der Waals surface area (Å²) in [6.07, 6.45) is 11.2. The first-order valence-corrected chi connectivity index (χ1v) is 11.8. The van der Waals surface area contributed by atoms with Crippen molar-refractivity contribution in [1.82, 2.24) is 0 Å². The van der Waals surface area contributed by atoms with E-state index in [1.165, 1.54) is 32.7 Å². The Labute approximate surface area is 201 Å². The average molecular weight is 457 g/mol. The first kappa shape index (κ1) is 22.9. The van der Waals surface area contributed by atoms with E-state index in [1.807, 2.05) is 6.08 Å². The second-order valence-corrected chi connectivity index (χ2v) is 8.93. The molecule has 0 N–H and O–H groups in total. The van der Waals surface area contributed by atoms with E-state index in [-0.39, 0.29) is 30.1 Å². The quantitative estimate of drug-likeness (QED) is 0.324. The van der Waals surface area contributed by atoms with E-state index in [2.05, 4.69) is 72.8 Å². The van der Waals surface area contributed by atoms with Gasteiger partial charge in [0, 0.05) is 33.2 Å². The van der Waals surface area contributed by atoms with Crippen LogP contribution in [-0.2, 0) is 18.9 Å². The highest BCUT2D eigenvalue weighted by molar-refractivity contribution is 6.07. The van der Waals surface area contributed by atoms with Gasteiger partial charge in [0.1, 0.15) is 18.0 Å². The molecule has 0 fully saturated rings. The number of methoxy groups -OCH3 is 4. The molecule has 0 saturated carbocycles. The van der Waals surface area contributed by atoms with Crippen LogP contribution in [0.4, 0.5) is 0 Å². The van der Waals surface area contributed by atoms with Crippen LogP contribution in [0.3, 0.4) is 0 Å². The van der Waals surface area contributed by atoms with E-state index >= 15 is 0 Å². The molecule has 5 unspecified atom stereocenters. The van der Waals surface area contributed by atoms with Crippen molar-refractivity contribution >= 4 is 21.5 Å². The lowest BCUT2D eigenvalue weighted by Gasteiger charge is -2.36. The van der Waals surface area contributed by atoms with Crippen molar-refractivity contribution < 1.29 is 18.9 Å². The maximum atomic E-state index is 6.04. The molecule has 3 aromatic carbocycles. The van der Waals surface area contributed by atoms with Gasteiger partial charge in [-0.15, -0.1) is 0 Å². The zero-order valence-corrected chi connectivity index (χ0v) is 20.2. The van der Waals surface area contributed by atoms with Crippen molar-refractivity contribution in [3.8, 4) is 0 Å². The smallest absolute Gasteiger partial charge is 0.125 e. The van der Waals surface area contributed by atoms with E-state index in [4.69, 9.17) is 18.9 Å². The molecule has 0 aliphatic heterocycles. The van der Waals surface area contributed by atoms with Crippen molar-refractivity contribution in [2.45, 2.75) is 36.6 Å². The highest BCUT2D eigenvalue weighted by Gasteiger charge is 2.36. The van der Waals surface area contributed by atoms with Gasteiger partial charge in [-0.25, -0.2) is 0 Å². The van der Waals surface area contributed by atoms with Gasteiger partial charge in [-0.3, -0.25) is 0 Å². The number of fused-ring (bicyclic) bond motifs is 2. The van der Waals surface area contributed by atoms with Crippen molar-refractivity contribution in [3.05, 3.63) is 95.8 Å². The molecule has 3 aromatic rings. The molecule has 0 spiro atoms. The Morgan fingerprint density at radius 2 is 1.32 bits per heavy atom. The summed E-state index contributed by atoms with van der Waals surface area (Å²) in [6, 6.07) is 17.5. The van der Waals surface area contributed by atoms with Gasteiger partial charge in [0.15, 0.2) is 0 Å². The Balaban J connectivity index is 1.81. The Morgan fingerprint density at radius 1 is 0.706 bits per heavy atom. The summed E-state index contributed by atoms with van der Waals surface area (Å²) in [4.78, 5) is 0. The molecular weight excluding hydrogens is 424 g/mol. The van der Waals surface area contributed by atoms with Gasteiger partial charge in [-0.1, -0.05) is 72.8 Å². The molecule has 2 aliphatic rings. The van der Waals surface area contributed by atoms with Gasteiger partial charge in [0.05, 0.1) is 13.2 Å². The Kier molecular flexibility index (Phi) is 6.55. The van der Waals surface area contributed by atoms with Crippen molar-refractivity contribution in [2.24, 2.45) is 0 Å². The van der Waals surface area contributed by atoms with Gasteiger partial charge >= 0.3 is 0 Å². The van der Waals surface area contributed by atoms with Gasteiger partial charge in [0.25, 0.3) is 0 Å². The molecule has 176 valence electrons. The lowest BCUT2D eigenvalue weighted by Crippen LogP contribution is -2.36. The van der Waals surface area contributed by atoms with Crippen molar-refractivity contribution in [1.29, 1.82) is 0 Å². The van der Waals surface area contributed by atoms with Crippen LogP contribution in [-0.4, -0.2) is 46.8 Å². The molecule has 2 aliphatic carbocycles. The molecule has 4 nitrogen and oxygen atoms in total. The maximum absolute atomic E-state index is 6.04. The fourth-order valence-electron chi connectivity index (χ4n) is 5.92. The fourth-order valence-corrected chi connectivity index (χ4v) is 5.92. The monoisotopic (exact) mass is 456 g/mol. The highest BCUT2D eigenvalue weighted by Crippen LogP contribution is 2.46. The highest BCUT2D eigenvalue weighted by atomic mass is 16.5. The summed E-state index contributed by atoms with van der Waals surface area (Å²) in [5.74, 6) is 1.05. The standard InChI is InChI=1S/C30H32O4/c1-31-25-17-9-15-23(29(25)33-3)27-19-11-5-7-13-21(19)28(22-14-8-6-12-20(22)27)24-16-10-18-26(32-2)30(24)34-4/h5-15,17-18,23-24,26,29-30H,16H2,1-4H3. The Morgan fingerprint density at radius 3 is 1.85 bits per heavy atom. The second-order valence-electron chi connectivity index (χ2n) is 8.93. The molecule has 0 radical (unpaired) electrons. The zero-order valence-electron chi connectivity index (χ0n) is 20.2. The predicted molar refractivity (Wildman–Crippen MR) is 137 cm³/mol. The van der Waals surface area contributed by atoms with Crippen molar-refractivity contribution in [2.75, 3.05) is 28.4 Å². The van der Waals surface area contributed by atoms with Crippen LogP contribution in [0.2, 0.25) is 0 Å². The van der Waals surface area contributed by atoms with Crippen molar-refractivity contribution in [3.63, 3.8) is 0 Å². The van der Waals surface area contributed by atoms with E-state index < -0.39 is 0 Å². The Bertz CT molecular complexity index is 1210. The number of ether oxygens (including phenoxy) is 4. The first-order chi connectivity index (χ1) is 16.7. The number of hydrogen-bond donors (Lipinski definition) is 0. The topological polar surface area (TPSA) is 36.9 Å². The Hall–Kier alpha value is -2.92. The van der Waals surface area contributed by atoms with Crippen LogP contribution >= 0.6 is 0 Å². The first-order valence-electron chi connectivity index (χ1n) is 11.8. The second kappa shape index (κ2) is 9.75. The lowest BCUT2D eigenvalue weighted by atomic mass is 9.75. The minimum absolute atomic E-state index is 0.0324. The van der Waals surface area contributed by atoms with Gasteiger partial charge < -0.3 is 18.9 Å². The normalized spacial score (nSPS) is 26.7. The molecule has 0 bridgehead atoms. The number of benzene rings is 3. The van der Waals surface area contributed by atoms with Crippen LogP contribution in [0, 0.1) is 0 Å². The molecule has 0 amide bonds. The van der Waals surface area contributed by atoms with Gasteiger partial charge in [-0.2, -0.15) is 0 Å². The maximum Gasteiger partial charge on any atom is 0.125 e. The largest absolute Gasteiger partial charge is 0.498 e. The number of rotatable bonds is 6. The fraction of sp³-hybridized carbons (Fsp3) is 0.333. The summed E-state index contributed by atoms with van der Waals surface area (Å²) < 4.78 is 23.5. The minimum atomic E-state index is -0.185. The van der Waals surface area contributed by atoms with Crippen LogP contribution in [0.5, 0.6) is 0 Å². The summed E-state index contributed by atoms with van der Waals surface area (Å²) in [5.41, 5.74) is 2.59. The molecule has 5 atom stereocenters. The van der Waals surface area contributed by atoms with Gasteiger partial charge in [0.2, 0.25) is 0 Å². The van der Waals surface area contributed by atoms with E-state index in [9.17, 15) is 0 Å². The predicted octanol–water partition coefficient (Wildman–Crippen LogP) is 6.27. The third kappa shape index (κ3) is 3.67. The van der Waals surface area contributed by atoms with Crippen LogP contribution in [0.25, 0.3) is 21.5 Å². The summed E-state index contributed by atoms with van der Waals surface area (Å²) >= 11 is 0. The number of hydrogen-bond acceptors (Lipinski definition) is 4. The van der Waals surface area contributed by atoms with E-state index in [0.29, 0.717) is 0 Å². The summed E-state index contributed by atoms with van der Waals surface area (Å²) in [6.45, 7) is 0. The molecule has 4 heteroatoms. The summed E-state index contributed by atoms with van der Waals surface area (Å²) in [5, 5.41) is 4.99. The average Bonchev–Trinajstić information content (AvgIpc) is 2.90. The lowest BCUT2D eigenvalue weighted by molar-refractivity contribution is -0.0296.